The maximum absolute atomic E-state index is 13.4. The summed E-state index contributed by atoms with van der Waals surface area (Å²) in [6.07, 6.45) is 1.28. The Morgan fingerprint density at radius 3 is 2.29 bits per heavy atom. The molecule has 0 N–H and O–H groups in total. The molecule has 0 amide bonds. The first-order valence-electron chi connectivity index (χ1n) is 10.4. The van der Waals surface area contributed by atoms with Crippen molar-refractivity contribution in [3.8, 4) is 11.5 Å². The van der Waals surface area contributed by atoms with Gasteiger partial charge in [0, 0.05) is 25.9 Å². The van der Waals surface area contributed by atoms with Crippen molar-refractivity contribution in [3.05, 3.63) is 53.1 Å². The SMILES string of the molecule is Cc1ccc(S(=O)(=O)N2CCC3(C(=O)CCCC3=O)c3cc4c(cc3C2)OCO4)cc1. The number of ether oxygens (including phenoxy) is 2. The van der Waals surface area contributed by atoms with E-state index in [4.69, 9.17) is 9.47 Å². The monoisotopic (exact) mass is 441 g/mol. The molecule has 3 aliphatic rings. The Bertz CT molecular complexity index is 1170. The van der Waals surface area contributed by atoms with Gasteiger partial charge in [-0.1, -0.05) is 17.7 Å². The van der Waals surface area contributed by atoms with Crippen molar-refractivity contribution in [2.75, 3.05) is 13.3 Å². The van der Waals surface area contributed by atoms with Crippen LogP contribution < -0.4 is 9.47 Å². The highest BCUT2D eigenvalue weighted by Crippen LogP contribution is 2.46. The molecule has 2 aromatic carbocycles. The van der Waals surface area contributed by atoms with E-state index in [2.05, 4.69) is 0 Å². The zero-order valence-corrected chi connectivity index (χ0v) is 18.0. The van der Waals surface area contributed by atoms with E-state index < -0.39 is 15.4 Å². The minimum absolute atomic E-state index is 0.0541. The number of Topliss-reactive ketones (excluding diaryl/α,β-unsaturated/α-hetero) is 2. The van der Waals surface area contributed by atoms with E-state index in [9.17, 15) is 18.0 Å². The van der Waals surface area contributed by atoms with E-state index >= 15 is 0 Å². The minimum Gasteiger partial charge on any atom is -0.454 e. The van der Waals surface area contributed by atoms with Gasteiger partial charge in [-0.2, -0.15) is 4.31 Å². The molecule has 0 saturated heterocycles. The average molecular weight is 442 g/mol. The van der Waals surface area contributed by atoms with Crippen molar-refractivity contribution >= 4 is 21.6 Å². The van der Waals surface area contributed by atoms with E-state index in [0.29, 0.717) is 41.9 Å². The normalized spacial score (nSPS) is 20.5. The summed E-state index contributed by atoms with van der Waals surface area (Å²) < 4.78 is 39.2. The van der Waals surface area contributed by atoms with Crippen LogP contribution in [-0.2, 0) is 31.6 Å². The molecule has 2 aliphatic heterocycles. The molecule has 0 radical (unpaired) electrons. The van der Waals surface area contributed by atoms with Crippen molar-refractivity contribution < 1.29 is 27.5 Å². The number of hydrogen-bond acceptors (Lipinski definition) is 6. The van der Waals surface area contributed by atoms with Gasteiger partial charge in [0.1, 0.15) is 5.41 Å². The van der Waals surface area contributed by atoms with Crippen LogP contribution in [0.25, 0.3) is 0 Å². The Kier molecular flexibility index (Phi) is 4.67. The molecule has 2 heterocycles. The highest BCUT2D eigenvalue weighted by Gasteiger charge is 2.51. The molecule has 0 bridgehead atoms. The van der Waals surface area contributed by atoms with Gasteiger partial charge in [-0.3, -0.25) is 9.59 Å². The van der Waals surface area contributed by atoms with Gasteiger partial charge in [0.25, 0.3) is 0 Å². The molecular weight excluding hydrogens is 418 g/mol. The average Bonchev–Trinajstić information content (AvgIpc) is 3.12. The van der Waals surface area contributed by atoms with Gasteiger partial charge < -0.3 is 9.47 Å². The number of fused-ring (bicyclic) bond motifs is 3. The predicted molar refractivity (Wildman–Crippen MR) is 111 cm³/mol. The molecule has 1 saturated carbocycles. The molecule has 1 fully saturated rings. The molecule has 2 aromatic rings. The summed E-state index contributed by atoms with van der Waals surface area (Å²) in [6, 6.07) is 10.1. The Morgan fingerprint density at radius 2 is 1.61 bits per heavy atom. The van der Waals surface area contributed by atoms with Gasteiger partial charge in [-0.05, 0) is 55.2 Å². The van der Waals surface area contributed by atoms with Crippen LogP contribution in [-0.4, -0.2) is 37.6 Å². The molecule has 1 spiro atoms. The summed E-state index contributed by atoms with van der Waals surface area (Å²) in [7, 11) is -3.81. The summed E-state index contributed by atoms with van der Waals surface area (Å²) in [6.45, 7) is 2.09. The molecule has 1 aliphatic carbocycles. The molecular formula is C23H23NO6S. The second kappa shape index (κ2) is 7.17. The number of carbonyl (C=O) groups excluding carboxylic acids is 2. The summed E-state index contributed by atoms with van der Waals surface area (Å²) in [4.78, 5) is 26.6. The van der Waals surface area contributed by atoms with Crippen LogP contribution in [0.4, 0.5) is 0 Å². The molecule has 162 valence electrons. The number of benzene rings is 2. The van der Waals surface area contributed by atoms with Crippen molar-refractivity contribution in [1.82, 2.24) is 4.31 Å². The van der Waals surface area contributed by atoms with Crippen LogP contribution in [0, 0.1) is 6.92 Å². The van der Waals surface area contributed by atoms with Crippen molar-refractivity contribution in [2.45, 2.75) is 49.5 Å². The molecule has 31 heavy (non-hydrogen) atoms. The Labute approximate surface area is 181 Å². The van der Waals surface area contributed by atoms with Crippen molar-refractivity contribution in [2.24, 2.45) is 0 Å². The number of rotatable bonds is 2. The quantitative estimate of drug-likeness (QED) is 0.666. The fourth-order valence-electron chi connectivity index (χ4n) is 4.84. The third-order valence-electron chi connectivity index (χ3n) is 6.56. The fourth-order valence-corrected chi connectivity index (χ4v) is 6.26. The van der Waals surface area contributed by atoms with Crippen LogP contribution in [0.15, 0.2) is 41.3 Å². The Hall–Kier alpha value is -2.71. The summed E-state index contributed by atoms with van der Waals surface area (Å²) in [5.41, 5.74) is 0.811. The van der Waals surface area contributed by atoms with Crippen LogP contribution in [0.1, 0.15) is 42.4 Å². The van der Waals surface area contributed by atoms with E-state index in [0.717, 1.165) is 5.56 Å². The maximum Gasteiger partial charge on any atom is 0.243 e. The lowest BCUT2D eigenvalue weighted by atomic mass is 9.65. The van der Waals surface area contributed by atoms with Gasteiger partial charge in [-0.25, -0.2) is 8.42 Å². The molecule has 8 heteroatoms. The number of carbonyl (C=O) groups is 2. The van der Waals surface area contributed by atoms with Gasteiger partial charge in [0.2, 0.25) is 16.8 Å². The standard InChI is InChI=1S/C23H23NO6S/c1-15-5-7-17(8-6-15)31(27,28)24-10-9-23(21(25)3-2-4-22(23)26)18-12-20-19(29-14-30-20)11-16(18)13-24/h5-8,11-12H,2-4,9-10,13-14H2,1H3. The number of aryl methyl sites for hydroxylation is 1. The summed E-state index contributed by atoms with van der Waals surface area (Å²) in [5.74, 6) is 0.704. The largest absolute Gasteiger partial charge is 0.454 e. The van der Waals surface area contributed by atoms with Gasteiger partial charge in [0.05, 0.1) is 4.90 Å². The zero-order valence-electron chi connectivity index (χ0n) is 17.2. The highest BCUT2D eigenvalue weighted by atomic mass is 32.2. The van der Waals surface area contributed by atoms with Gasteiger partial charge in [-0.15, -0.1) is 0 Å². The molecule has 5 rings (SSSR count). The predicted octanol–water partition coefficient (Wildman–Crippen LogP) is 2.88. The lowest BCUT2D eigenvalue weighted by molar-refractivity contribution is -0.138. The van der Waals surface area contributed by atoms with Crippen molar-refractivity contribution in [1.29, 1.82) is 0 Å². The van der Waals surface area contributed by atoms with Crippen LogP contribution in [0.3, 0.4) is 0 Å². The third-order valence-corrected chi connectivity index (χ3v) is 8.42. The molecule has 0 atom stereocenters. The van der Waals surface area contributed by atoms with Gasteiger partial charge in [0.15, 0.2) is 23.1 Å². The summed E-state index contributed by atoms with van der Waals surface area (Å²) in [5, 5.41) is 0. The topological polar surface area (TPSA) is 90.0 Å². The lowest BCUT2D eigenvalue weighted by Gasteiger charge is -2.34. The smallest absolute Gasteiger partial charge is 0.243 e. The molecule has 7 nitrogen and oxygen atoms in total. The van der Waals surface area contributed by atoms with E-state index in [1.54, 1.807) is 36.4 Å². The first-order chi connectivity index (χ1) is 14.8. The molecule has 0 aromatic heterocycles. The van der Waals surface area contributed by atoms with E-state index in [1.165, 1.54) is 4.31 Å². The highest BCUT2D eigenvalue weighted by molar-refractivity contribution is 7.89. The van der Waals surface area contributed by atoms with Crippen LogP contribution >= 0.6 is 0 Å². The third kappa shape index (κ3) is 3.08. The summed E-state index contributed by atoms with van der Waals surface area (Å²) >= 11 is 0. The maximum atomic E-state index is 13.4. The number of ketones is 2. The number of nitrogens with zero attached hydrogens (tertiary/aromatic N) is 1. The second-order valence-electron chi connectivity index (χ2n) is 8.37. The number of hydrogen-bond donors (Lipinski definition) is 0. The lowest BCUT2D eigenvalue weighted by Crippen LogP contribution is -2.47. The molecule has 0 unspecified atom stereocenters. The van der Waals surface area contributed by atoms with Gasteiger partial charge >= 0.3 is 0 Å². The number of sulfonamides is 1. The van der Waals surface area contributed by atoms with Crippen LogP contribution in [0.2, 0.25) is 0 Å². The fraction of sp³-hybridized carbons (Fsp3) is 0.391. The van der Waals surface area contributed by atoms with E-state index in [-0.39, 0.29) is 42.8 Å². The minimum atomic E-state index is -3.81. The van der Waals surface area contributed by atoms with E-state index in [1.807, 2.05) is 6.92 Å². The Balaban J connectivity index is 1.65. The zero-order chi connectivity index (χ0) is 21.8. The second-order valence-corrected chi connectivity index (χ2v) is 10.3. The van der Waals surface area contributed by atoms with Crippen LogP contribution in [0.5, 0.6) is 11.5 Å². The first kappa shape index (κ1) is 20.2. The van der Waals surface area contributed by atoms with Crippen molar-refractivity contribution in [3.63, 3.8) is 0 Å². The first-order valence-corrected chi connectivity index (χ1v) is 11.8. The Morgan fingerprint density at radius 1 is 0.968 bits per heavy atom.